The van der Waals surface area contributed by atoms with Crippen molar-refractivity contribution in [2.75, 3.05) is 14.1 Å². The van der Waals surface area contributed by atoms with Gasteiger partial charge in [0, 0.05) is 14.1 Å². The fourth-order valence-electron chi connectivity index (χ4n) is 1.27. The molecule has 0 aliphatic heterocycles. The molecule has 2 nitrogen and oxygen atoms in total. The molecule has 70 valence electrons. The Morgan fingerprint density at radius 1 is 1.23 bits per heavy atom. The lowest BCUT2D eigenvalue weighted by Gasteiger charge is -2.16. The molecule has 0 unspecified atom stereocenters. The Balaban J connectivity index is 2.80. The van der Waals surface area contributed by atoms with Crippen LogP contribution in [0.3, 0.4) is 0 Å². The van der Waals surface area contributed by atoms with Crippen LogP contribution >= 0.6 is 0 Å². The molecule has 13 heavy (non-hydrogen) atoms. The summed E-state index contributed by atoms with van der Waals surface area (Å²) in [5.74, 6) is 0.0994. The maximum atomic E-state index is 11.6. The van der Waals surface area contributed by atoms with Crippen LogP contribution in [0.15, 0.2) is 30.3 Å². The van der Waals surface area contributed by atoms with E-state index < -0.39 is 0 Å². The summed E-state index contributed by atoms with van der Waals surface area (Å²) in [5, 5.41) is 0. The summed E-state index contributed by atoms with van der Waals surface area (Å²) in [6.07, 6.45) is 0. The van der Waals surface area contributed by atoms with Crippen molar-refractivity contribution in [3.05, 3.63) is 35.9 Å². The van der Waals surface area contributed by atoms with Crippen LogP contribution in [-0.4, -0.2) is 24.9 Å². The first-order valence-corrected chi connectivity index (χ1v) is 4.39. The number of hydrogen-bond donors (Lipinski definition) is 0. The largest absolute Gasteiger partial charge is 0.348 e. The molecule has 0 aliphatic carbocycles. The predicted octanol–water partition coefficient (Wildman–Crippen LogP) is 1.88. The van der Waals surface area contributed by atoms with Gasteiger partial charge in [-0.15, -0.1) is 0 Å². The standard InChI is InChI=1S/C11H15NO/c1-9(11(13)12(2)3)10-7-5-4-6-8-10/h4-9H,1-3H3/t9-/m0/s1. The Labute approximate surface area is 79.2 Å². The third-order valence-electron chi connectivity index (χ3n) is 2.11. The van der Waals surface area contributed by atoms with E-state index in [1.165, 1.54) is 0 Å². The van der Waals surface area contributed by atoms with Gasteiger partial charge >= 0.3 is 0 Å². The second-order valence-corrected chi connectivity index (χ2v) is 3.37. The van der Waals surface area contributed by atoms with E-state index in [9.17, 15) is 4.79 Å². The molecule has 0 bridgehead atoms. The van der Waals surface area contributed by atoms with Crippen molar-refractivity contribution in [3.8, 4) is 0 Å². The molecule has 0 saturated heterocycles. The summed E-state index contributed by atoms with van der Waals surface area (Å²) in [6, 6.07) is 9.82. The molecule has 1 atom stereocenters. The molecule has 1 aromatic rings. The van der Waals surface area contributed by atoms with Crippen molar-refractivity contribution in [1.82, 2.24) is 4.90 Å². The molecule has 2 heteroatoms. The van der Waals surface area contributed by atoms with Crippen LogP contribution in [0.25, 0.3) is 0 Å². The SMILES string of the molecule is C[C@H](C(=O)N(C)C)c1ccccc1. The zero-order chi connectivity index (χ0) is 9.84. The van der Waals surface area contributed by atoms with Crippen LogP contribution in [0.4, 0.5) is 0 Å². The van der Waals surface area contributed by atoms with Gasteiger partial charge in [-0.25, -0.2) is 0 Å². The van der Waals surface area contributed by atoms with E-state index >= 15 is 0 Å². The molecule has 0 aromatic heterocycles. The Morgan fingerprint density at radius 3 is 2.23 bits per heavy atom. The van der Waals surface area contributed by atoms with Crippen molar-refractivity contribution in [2.45, 2.75) is 12.8 Å². The lowest BCUT2D eigenvalue weighted by atomic mass is 10.0. The van der Waals surface area contributed by atoms with Crippen LogP contribution < -0.4 is 0 Å². The Bertz CT molecular complexity index is 279. The highest BCUT2D eigenvalue weighted by atomic mass is 16.2. The summed E-state index contributed by atoms with van der Waals surface area (Å²) >= 11 is 0. The zero-order valence-electron chi connectivity index (χ0n) is 8.32. The van der Waals surface area contributed by atoms with E-state index in [2.05, 4.69) is 0 Å². The number of likely N-dealkylation sites (N-methyl/N-ethyl adjacent to an activating group) is 1. The first kappa shape index (κ1) is 9.78. The summed E-state index contributed by atoms with van der Waals surface area (Å²) in [5.41, 5.74) is 1.07. The topological polar surface area (TPSA) is 20.3 Å². The first-order chi connectivity index (χ1) is 6.13. The third-order valence-corrected chi connectivity index (χ3v) is 2.11. The molecule has 1 amide bonds. The van der Waals surface area contributed by atoms with Gasteiger partial charge in [-0.3, -0.25) is 4.79 Å². The minimum absolute atomic E-state index is 0.0452. The number of carbonyl (C=O) groups excluding carboxylic acids is 1. The summed E-state index contributed by atoms with van der Waals surface area (Å²) in [7, 11) is 3.56. The van der Waals surface area contributed by atoms with Crippen molar-refractivity contribution in [1.29, 1.82) is 0 Å². The minimum Gasteiger partial charge on any atom is -0.348 e. The van der Waals surface area contributed by atoms with E-state index in [1.807, 2.05) is 37.3 Å². The number of amides is 1. The molecular weight excluding hydrogens is 162 g/mol. The quantitative estimate of drug-likeness (QED) is 0.675. The van der Waals surface area contributed by atoms with Crippen molar-refractivity contribution in [2.24, 2.45) is 0 Å². The molecule has 0 aliphatic rings. The highest BCUT2D eigenvalue weighted by molar-refractivity contribution is 5.82. The van der Waals surface area contributed by atoms with Gasteiger partial charge in [-0.2, -0.15) is 0 Å². The van der Waals surface area contributed by atoms with Gasteiger partial charge in [-0.05, 0) is 12.5 Å². The van der Waals surface area contributed by atoms with E-state index in [-0.39, 0.29) is 11.8 Å². The average Bonchev–Trinajstić information content (AvgIpc) is 2.17. The minimum atomic E-state index is -0.0452. The number of hydrogen-bond acceptors (Lipinski definition) is 1. The highest BCUT2D eigenvalue weighted by Crippen LogP contribution is 2.15. The molecule has 0 saturated carbocycles. The monoisotopic (exact) mass is 177 g/mol. The molecule has 0 spiro atoms. The van der Waals surface area contributed by atoms with Gasteiger partial charge in [0.2, 0.25) is 5.91 Å². The summed E-state index contributed by atoms with van der Waals surface area (Å²) in [6.45, 7) is 1.93. The lowest BCUT2D eigenvalue weighted by Crippen LogP contribution is -2.26. The predicted molar refractivity (Wildman–Crippen MR) is 53.6 cm³/mol. The van der Waals surface area contributed by atoms with Gasteiger partial charge in [0.1, 0.15) is 0 Å². The third kappa shape index (κ3) is 2.31. The molecule has 1 rings (SSSR count). The molecule has 0 N–H and O–H groups in total. The second kappa shape index (κ2) is 4.08. The van der Waals surface area contributed by atoms with Gasteiger partial charge in [0.25, 0.3) is 0 Å². The number of nitrogens with zero attached hydrogens (tertiary/aromatic N) is 1. The molecule has 0 fully saturated rings. The zero-order valence-corrected chi connectivity index (χ0v) is 8.32. The fourth-order valence-corrected chi connectivity index (χ4v) is 1.27. The maximum Gasteiger partial charge on any atom is 0.229 e. The van der Waals surface area contributed by atoms with E-state index in [1.54, 1.807) is 19.0 Å². The summed E-state index contributed by atoms with van der Waals surface area (Å²) in [4.78, 5) is 13.2. The van der Waals surface area contributed by atoms with Gasteiger partial charge < -0.3 is 4.90 Å². The number of rotatable bonds is 2. The number of carbonyl (C=O) groups is 1. The normalized spacial score (nSPS) is 12.2. The maximum absolute atomic E-state index is 11.6. The smallest absolute Gasteiger partial charge is 0.229 e. The van der Waals surface area contributed by atoms with E-state index in [4.69, 9.17) is 0 Å². The van der Waals surface area contributed by atoms with Crippen LogP contribution in [0.1, 0.15) is 18.4 Å². The van der Waals surface area contributed by atoms with Crippen LogP contribution in [-0.2, 0) is 4.79 Å². The Morgan fingerprint density at radius 2 is 1.77 bits per heavy atom. The second-order valence-electron chi connectivity index (χ2n) is 3.37. The molecule has 1 aromatic carbocycles. The van der Waals surface area contributed by atoms with E-state index in [0.717, 1.165) is 5.56 Å². The van der Waals surface area contributed by atoms with Crippen molar-refractivity contribution in [3.63, 3.8) is 0 Å². The van der Waals surface area contributed by atoms with Crippen molar-refractivity contribution < 1.29 is 4.79 Å². The Kier molecular flexibility index (Phi) is 3.07. The van der Waals surface area contributed by atoms with Crippen LogP contribution in [0, 0.1) is 0 Å². The van der Waals surface area contributed by atoms with Crippen LogP contribution in [0.5, 0.6) is 0 Å². The van der Waals surface area contributed by atoms with Crippen molar-refractivity contribution >= 4 is 5.91 Å². The first-order valence-electron chi connectivity index (χ1n) is 4.39. The fraction of sp³-hybridized carbons (Fsp3) is 0.364. The number of benzene rings is 1. The lowest BCUT2D eigenvalue weighted by molar-refractivity contribution is -0.129. The molecule has 0 radical (unpaired) electrons. The van der Waals surface area contributed by atoms with Gasteiger partial charge in [-0.1, -0.05) is 30.3 Å². The van der Waals surface area contributed by atoms with Gasteiger partial charge in [0.05, 0.1) is 5.92 Å². The van der Waals surface area contributed by atoms with Crippen LogP contribution in [0.2, 0.25) is 0 Å². The summed E-state index contributed by atoms with van der Waals surface area (Å²) < 4.78 is 0. The van der Waals surface area contributed by atoms with E-state index in [0.29, 0.717) is 0 Å². The average molecular weight is 177 g/mol. The molecule has 0 heterocycles. The highest BCUT2D eigenvalue weighted by Gasteiger charge is 2.15. The Hall–Kier alpha value is -1.31. The van der Waals surface area contributed by atoms with Gasteiger partial charge in [0.15, 0.2) is 0 Å². The molecular formula is C11H15NO.